The lowest BCUT2D eigenvalue weighted by Gasteiger charge is -2.30. The Bertz CT molecular complexity index is 260. The molecule has 2 fully saturated rings. The van der Waals surface area contributed by atoms with Gasteiger partial charge in [0.15, 0.2) is 0 Å². The molecule has 2 aliphatic rings. The van der Waals surface area contributed by atoms with E-state index in [-0.39, 0.29) is 11.7 Å². The predicted molar refractivity (Wildman–Crippen MR) is 60.4 cm³/mol. The van der Waals surface area contributed by atoms with Crippen molar-refractivity contribution in [1.82, 2.24) is 10.2 Å². The van der Waals surface area contributed by atoms with Gasteiger partial charge in [-0.15, -0.1) is 0 Å². The normalized spacial score (nSPS) is 29.9. The topological polar surface area (TPSA) is 32.3 Å². The maximum Gasteiger partial charge on any atom is 0.244 e. The van der Waals surface area contributed by atoms with Crippen LogP contribution < -0.4 is 5.32 Å². The zero-order valence-electron chi connectivity index (χ0n) is 10.0. The molecule has 3 nitrogen and oxygen atoms in total. The summed E-state index contributed by atoms with van der Waals surface area (Å²) in [7, 11) is 0. The lowest BCUT2D eigenvalue weighted by Crippen LogP contribution is -2.42. The molecule has 1 aliphatic carbocycles. The number of nitrogens with one attached hydrogen (secondary N) is 1. The van der Waals surface area contributed by atoms with Crippen molar-refractivity contribution in [3.05, 3.63) is 0 Å². The molecule has 3 heteroatoms. The molecule has 15 heavy (non-hydrogen) atoms. The number of carbonyl (C=O) groups excluding carboxylic acids is 1. The number of nitrogens with zero attached hydrogens (tertiary/aromatic N) is 1. The average molecular weight is 210 g/mol. The first-order valence-electron chi connectivity index (χ1n) is 6.25. The second kappa shape index (κ2) is 3.78. The van der Waals surface area contributed by atoms with Crippen molar-refractivity contribution in [2.75, 3.05) is 0 Å². The Morgan fingerprint density at radius 2 is 2.20 bits per heavy atom. The van der Waals surface area contributed by atoms with Crippen LogP contribution in [0.5, 0.6) is 0 Å². The van der Waals surface area contributed by atoms with Gasteiger partial charge in [-0.05, 0) is 32.6 Å². The number of amides is 1. The average Bonchev–Trinajstić information content (AvgIpc) is 2.92. The van der Waals surface area contributed by atoms with E-state index < -0.39 is 0 Å². The maximum absolute atomic E-state index is 12.2. The zero-order chi connectivity index (χ0) is 11.1. The SMILES string of the molecule is CCCC(CC)N1C(=O)C2(CC2)NC1C. The van der Waals surface area contributed by atoms with Gasteiger partial charge in [0.05, 0.1) is 11.7 Å². The molecule has 0 aromatic carbocycles. The molecule has 1 amide bonds. The van der Waals surface area contributed by atoms with Crippen LogP contribution in [-0.2, 0) is 4.79 Å². The monoisotopic (exact) mass is 210 g/mol. The second-order valence-electron chi connectivity index (χ2n) is 4.97. The van der Waals surface area contributed by atoms with Crippen molar-refractivity contribution in [3.63, 3.8) is 0 Å². The van der Waals surface area contributed by atoms with Gasteiger partial charge in [-0.3, -0.25) is 10.1 Å². The highest BCUT2D eigenvalue weighted by Crippen LogP contribution is 2.43. The van der Waals surface area contributed by atoms with E-state index in [2.05, 4.69) is 31.0 Å². The van der Waals surface area contributed by atoms with E-state index in [0.717, 1.165) is 32.1 Å². The van der Waals surface area contributed by atoms with Crippen molar-refractivity contribution in [3.8, 4) is 0 Å². The summed E-state index contributed by atoms with van der Waals surface area (Å²) < 4.78 is 0. The lowest BCUT2D eigenvalue weighted by atomic mass is 10.1. The molecule has 2 unspecified atom stereocenters. The first-order chi connectivity index (χ1) is 7.14. The third-order valence-electron chi connectivity index (χ3n) is 3.78. The van der Waals surface area contributed by atoms with Crippen molar-refractivity contribution in [2.45, 2.75) is 70.6 Å². The molecule has 2 rings (SSSR count). The Morgan fingerprint density at radius 3 is 2.60 bits per heavy atom. The number of rotatable bonds is 4. The number of hydrogen-bond donors (Lipinski definition) is 1. The minimum absolute atomic E-state index is 0.138. The number of hydrogen-bond acceptors (Lipinski definition) is 2. The summed E-state index contributed by atoms with van der Waals surface area (Å²) >= 11 is 0. The van der Waals surface area contributed by atoms with Crippen molar-refractivity contribution < 1.29 is 4.79 Å². The second-order valence-corrected chi connectivity index (χ2v) is 4.97. The molecule has 0 bridgehead atoms. The Kier molecular flexibility index (Phi) is 2.75. The standard InChI is InChI=1S/C12H22N2O/c1-4-6-10(5-2)14-9(3)13-12(7-8-12)11(14)15/h9-10,13H,4-8H2,1-3H3. The fourth-order valence-electron chi connectivity index (χ4n) is 2.79. The van der Waals surface area contributed by atoms with E-state index in [0.29, 0.717) is 11.9 Å². The van der Waals surface area contributed by atoms with E-state index in [1.54, 1.807) is 0 Å². The minimum Gasteiger partial charge on any atom is -0.323 e. The third kappa shape index (κ3) is 1.67. The van der Waals surface area contributed by atoms with Crippen molar-refractivity contribution in [1.29, 1.82) is 0 Å². The highest BCUT2D eigenvalue weighted by atomic mass is 16.2. The molecule has 1 saturated carbocycles. The van der Waals surface area contributed by atoms with Crippen LogP contribution in [-0.4, -0.2) is 28.6 Å². The summed E-state index contributed by atoms with van der Waals surface area (Å²) in [4.78, 5) is 14.3. The van der Waals surface area contributed by atoms with Crippen LogP contribution in [0.15, 0.2) is 0 Å². The molecule has 1 saturated heterocycles. The summed E-state index contributed by atoms with van der Waals surface area (Å²) in [5.74, 6) is 0.357. The van der Waals surface area contributed by atoms with E-state index in [9.17, 15) is 4.79 Å². The summed E-state index contributed by atoms with van der Waals surface area (Å²) in [5.41, 5.74) is -0.138. The molecule has 0 aromatic rings. The molecule has 0 radical (unpaired) electrons. The van der Waals surface area contributed by atoms with E-state index in [4.69, 9.17) is 0 Å². The van der Waals surface area contributed by atoms with Crippen LogP contribution in [0.2, 0.25) is 0 Å². The quantitative estimate of drug-likeness (QED) is 0.768. The van der Waals surface area contributed by atoms with Crippen molar-refractivity contribution >= 4 is 5.91 Å². The van der Waals surface area contributed by atoms with Gasteiger partial charge in [-0.25, -0.2) is 0 Å². The van der Waals surface area contributed by atoms with E-state index >= 15 is 0 Å². The molecule has 0 aromatic heterocycles. The summed E-state index contributed by atoms with van der Waals surface area (Å²) in [6.45, 7) is 6.48. The molecule has 1 heterocycles. The molecular weight excluding hydrogens is 188 g/mol. The van der Waals surface area contributed by atoms with Crippen LogP contribution >= 0.6 is 0 Å². The Labute approximate surface area is 92.2 Å². The molecule has 86 valence electrons. The zero-order valence-corrected chi connectivity index (χ0v) is 10.0. The van der Waals surface area contributed by atoms with Crippen LogP contribution in [0.4, 0.5) is 0 Å². The van der Waals surface area contributed by atoms with E-state index in [1.165, 1.54) is 0 Å². The molecule has 1 aliphatic heterocycles. The summed E-state index contributed by atoms with van der Waals surface area (Å²) in [6, 6.07) is 0.435. The molecule has 2 atom stereocenters. The Morgan fingerprint density at radius 1 is 1.53 bits per heavy atom. The van der Waals surface area contributed by atoms with Gasteiger partial charge in [-0.1, -0.05) is 20.3 Å². The van der Waals surface area contributed by atoms with Gasteiger partial charge in [0.25, 0.3) is 0 Å². The smallest absolute Gasteiger partial charge is 0.244 e. The Hall–Kier alpha value is -0.570. The minimum atomic E-state index is -0.138. The molecular formula is C12H22N2O. The summed E-state index contributed by atoms with van der Waals surface area (Å²) in [5, 5.41) is 3.45. The van der Waals surface area contributed by atoms with Gasteiger partial charge in [0.2, 0.25) is 5.91 Å². The van der Waals surface area contributed by atoms with Crippen molar-refractivity contribution in [2.24, 2.45) is 0 Å². The number of carbonyl (C=O) groups is 1. The first-order valence-corrected chi connectivity index (χ1v) is 6.25. The van der Waals surface area contributed by atoms with E-state index in [1.807, 2.05) is 0 Å². The third-order valence-corrected chi connectivity index (χ3v) is 3.78. The van der Waals surface area contributed by atoms with Crippen LogP contribution in [0.3, 0.4) is 0 Å². The van der Waals surface area contributed by atoms with Crippen LogP contribution in [0.1, 0.15) is 52.9 Å². The van der Waals surface area contributed by atoms with Crippen LogP contribution in [0.25, 0.3) is 0 Å². The molecule has 1 N–H and O–H groups in total. The van der Waals surface area contributed by atoms with Gasteiger partial charge in [0, 0.05) is 6.04 Å². The fraction of sp³-hybridized carbons (Fsp3) is 0.917. The lowest BCUT2D eigenvalue weighted by molar-refractivity contribution is -0.133. The maximum atomic E-state index is 12.2. The van der Waals surface area contributed by atoms with Gasteiger partial charge < -0.3 is 4.90 Å². The first kappa shape index (κ1) is 10.9. The highest BCUT2D eigenvalue weighted by Gasteiger charge is 2.58. The summed E-state index contributed by atoms with van der Waals surface area (Å²) in [6.07, 6.45) is 5.66. The van der Waals surface area contributed by atoms with Gasteiger partial charge in [-0.2, -0.15) is 0 Å². The van der Waals surface area contributed by atoms with Gasteiger partial charge >= 0.3 is 0 Å². The molecule has 1 spiro atoms. The largest absolute Gasteiger partial charge is 0.323 e. The Balaban J connectivity index is 2.10. The van der Waals surface area contributed by atoms with Crippen LogP contribution in [0, 0.1) is 0 Å². The van der Waals surface area contributed by atoms with Gasteiger partial charge in [0.1, 0.15) is 0 Å². The highest BCUT2D eigenvalue weighted by molar-refractivity contribution is 5.92. The fourth-order valence-corrected chi connectivity index (χ4v) is 2.79. The predicted octanol–water partition coefficient (Wildman–Crippen LogP) is 1.88.